The van der Waals surface area contributed by atoms with Crippen LogP contribution in [0, 0.1) is 5.82 Å². The highest BCUT2D eigenvalue weighted by atomic mass is 32.2. The summed E-state index contributed by atoms with van der Waals surface area (Å²) in [5, 5.41) is 27.4. The molecule has 106 valence electrons. The Labute approximate surface area is 124 Å². The predicted octanol–water partition coefficient (Wildman–Crippen LogP) is 0.840. The van der Waals surface area contributed by atoms with E-state index in [1.54, 1.807) is 6.07 Å². The largest absolute Gasteiger partial charge is 0.488 e. The van der Waals surface area contributed by atoms with Crippen molar-refractivity contribution in [3.8, 4) is 0 Å². The Hall–Kier alpha value is -1.90. The van der Waals surface area contributed by atoms with Crippen LogP contribution in [0.3, 0.4) is 0 Å². The van der Waals surface area contributed by atoms with E-state index in [0.717, 1.165) is 11.7 Å². The highest BCUT2D eigenvalue weighted by Crippen LogP contribution is 2.21. The number of pyridine rings is 1. The van der Waals surface area contributed by atoms with E-state index < -0.39 is 12.9 Å². The molecule has 0 fully saturated rings. The Morgan fingerprint density at radius 3 is 2.86 bits per heavy atom. The van der Waals surface area contributed by atoms with E-state index in [1.807, 2.05) is 28.8 Å². The summed E-state index contributed by atoms with van der Waals surface area (Å²) < 4.78 is 15.0. The van der Waals surface area contributed by atoms with Crippen molar-refractivity contribution in [3.63, 3.8) is 0 Å². The van der Waals surface area contributed by atoms with Crippen LogP contribution in [-0.2, 0) is 5.75 Å². The van der Waals surface area contributed by atoms with E-state index >= 15 is 0 Å². The molecule has 3 aromatic rings. The molecule has 5 nitrogen and oxygen atoms in total. The molecular formula is C13H11BFN3O2S. The molecule has 0 spiro atoms. The molecule has 0 radical (unpaired) electrons. The maximum Gasteiger partial charge on any atom is 0.488 e. The van der Waals surface area contributed by atoms with Crippen molar-refractivity contribution in [1.29, 1.82) is 0 Å². The van der Waals surface area contributed by atoms with Gasteiger partial charge < -0.3 is 10.0 Å². The Balaban J connectivity index is 1.85. The van der Waals surface area contributed by atoms with Gasteiger partial charge in [0.25, 0.3) is 0 Å². The molecule has 2 aromatic heterocycles. The average Bonchev–Trinajstić information content (AvgIpc) is 2.89. The van der Waals surface area contributed by atoms with Gasteiger partial charge in [0.05, 0.1) is 0 Å². The monoisotopic (exact) mass is 303 g/mol. The third-order valence-corrected chi connectivity index (χ3v) is 4.02. The molecule has 0 unspecified atom stereocenters. The number of fused-ring (bicyclic) bond motifs is 1. The smallest absolute Gasteiger partial charge is 0.423 e. The van der Waals surface area contributed by atoms with Gasteiger partial charge in [-0.3, -0.25) is 4.40 Å². The van der Waals surface area contributed by atoms with Crippen LogP contribution in [0.5, 0.6) is 0 Å². The van der Waals surface area contributed by atoms with Crippen molar-refractivity contribution in [2.45, 2.75) is 10.9 Å². The number of benzene rings is 1. The second-order valence-electron chi connectivity index (χ2n) is 4.42. The summed E-state index contributed by atoms with van der Waals surface area (Å²) in [5.41, 5.74) is 1.54. The first-order valence-electron chi connectivity index (χ1n) is 6.22. The topological polar surface area (TPSA) is 70.7 Å². The van der Waals surface area contributed by atoms with Gasteiger partial charge in [0.2, 0.25) is 0 Å². The lowest BCUT2D eigenvalue weighted by Gasteiger charge is -2.08. The number of thioether (sulfide) groups is 1. The molecule has 8 heteroatoms. The first-order chi connectivity index (χ1) is 10.1. The molecule has 0 saturated heterocycles. The molecule has 0 aliphatic rings. The molecule has 21 heavy (non-hydrogen) atoms. The molecule has 0 saturated carbocycles. The van der Waals surface area contributed by atoms with E-state index in [9.17, 15) is 14.4 Å². The molecule has 0 aliphatic heterocycles. The number of rotatable bonds is 4. The van der Waals surface area contributed by atoms with Crippen LogP contribution in [0.1, 0.15) is 5.56 Å². The zero-order valence-corrected chi connectivity index (χ0v) is 11.7. The van der Waals surface area contributed by atoms with Gasteiger partial charge in [-0.25, -0.2) is 4.39 Å². The van der Waals surface area contributed by atoms with Gasteiger partial charge in [0, 0.05) is 11.9 Å². The summed E-state index contributed by atoms with van der Waals surface area (Å²) in [6.07, 6.45) is 1.85. The lowest BCUT2D eigenvalue weighted by Crippen LogP contribution is -2.33. The summed E-state index contributed by atoms with van der Waals surface area (Å²) >= 11 is 1.39. The van der Waals surface area contributed by atoms with Gasteiger partial charge in [0.15, 0.2) is 10.8 Å². The van der Waals surface area contributed by atoms with E-state index in [0.29, 0.717) is 16.5 Å². The van der Waals surface area contributed by atoms with Crippen molar-refractivity contribution >= 4 is 30.0 Å². The van der Waals surface area contributed by atoms with E-state index in [1.165, 1.54) is 17.8 Å². The Morgan fingerprint density at radius 1 is 1.19 bits per heavy atom. The Morgan fingerprint density at radius 2 is 2.05 bits per heavy atom. The Bertz CT molecular complexity index is 781. The third kappa shape index (κ3) is 2.92. The van der Waals surface area contributed by atoms with Crippen molar-refractivity contribution in [1.82, 2.24) is 14.6 Å². The summed E-state index contributed by atoms with van der Waals surface area (Å²) in [6, 6.07) is 9.56. The van der Waals surface area contributed by atoms with Crippen LogP contribution in [-0.4, -0.2) is 31.8 Å². The minimum Gasteiger partial charge on any atom is -0.423 e. The van der Waals surface area contributed by atoms with Gasteiger partial charge in [-0.15, -0.1) is 10.2 Å². The first kappa shape index (κ1) is 14.1. The highest BCUT2D eigenvalue weighted by molar-refractivity contribution is 7.98. The normalized spacial score (nSPS) is 11.0. The zero-order valence-electron chi connectivity index (χ0n) is 10.8. The van der Waals surface area contributed by atoms with Crippen molar-refractivity contribution in [2.75, 3.05) is 0 Å². The van der Waals surface area contributed by atoms with Crippen LogP contribution >= 0.6 is 11.8 Å². The third-order valence-electron chi connectivity index (χ3n) is 3.03. The fourth-order valence-corrected chi connectivity index (χ4v) is 2.94. The summed E-state index contributed by atoms with van der Waals surface area (Å²) in [4.78, 5) is 0. The number of hydrogen-bond acceptors (Lipinski definition) is 5. The quantitative estimate of drug-likeness (QED) is 0.552. The Kier molecular flexibility index (Phi) is 3.91. The lowest BCUT2D eigenvalue weighted by atomic mass is 9.77. The SMILES string of the molecule is OB(O)c1cc(F)ccc1CSc1nnc2ccccn12. The fraction of sp³-hybridized carbons (Fsp3) is 0.0769. The van der Waals surface area contributed by atoms with Gasteiger partial charge in [0.1, 0.15) is 5.82 Å². The molecule has 0 amide bonds. The number of nitrogens with zero attached hydrogens (tertiary/aromatic N) is 3. The number of aromatic nitrogens is 3. The van der Waals surface area contributed by atoms with E-state index in [2.05, 4.69) is 10.2 Å². The van der Waals surface area contributed by atoms with Gasteiger partial charge in [-0.1, -0.05) is 23.9 Å². The van der Waals surface area contributed by atoms with E-state index in [4.69, 9.17) is 0 Å². The van der Waals surface area contributed by atoms with Gasteiger partial charge in [-0.2, -0.15) is 0 Å². The standard InChI is InChI=1S/C13H11BFN3O2S/c15-10-5-4-9(11(7-10)14(19)20)8-21-13-17-16-12-3-1-2-6-18(12)13/h1-7,19-20H,8H2. The van der Waals surface area contributed by atoms with Crippen molar-refractivity contribution in [3.05, 3.63) is 54.0 Å². The molecule has 2 N–H and O–H groups in total. The maximum atomic E-state index is 13.2. The molecule has 0 aliphatic carbocycles. The molecule has 0 atom stereocenters. The van der Waals surface area contributed by atoms with Crippen LogP contribution in [0.25, 0.3) is 5.65 Å². The predicted molar refractivity (Wildman–Crippen MR) is 78.8 cm³/mol. The molecule has 1 aromatic carbocycles. The van der Waals surface area contributed by atoms with Crippen molar-refractivity contribution < 1.29 is 14.4 Å². The number of halogens is 1. The van der Waals surface area contributed by atoms with Crippen LogP contribution in [0.2, 0.25) is 0 Å². The second-order valence-corrected chi connectivity index (χ2v) is 5.36. The summed E-state index contributed by atoms with van der Waals surface area (Å²) in [5.74, 6) is -0.0668. The lowest BCUT2D eigenvalue weighted by molar-refractivity contribution is 0.425. The number of hydrogen-bond donors (Lipinski definition) is 2. The van der Waals surface area contributed by atoms with Gasteiger partial charge >= 0.3 is 7.12 Å². The van der Waals surface area contributed by atoms with E-state index in [-0.39, 0.29) is 5.46 Å². The summed E-state index contributed by atoms with van der Waals surface area (Å²) in [6.45, 7) is 0. The van der Waals surface area contributed by atoms with Crippen LogP contribution in [0.15, 0.2) is 47.8 Å². The second kappa shape index (κ2) is 5.84. The molecule has 0 bridgehead atoms. The maximum absolute atomic E-state index is 13.2. The molecule has 3 rings (SSSR count). The first-order valence-corrected chi connectivity index (χ1v) is 7.21. The van der Waals surface area contributed by atoms with Crippen LogP contribution < -0.4 is 5.46 Å². The summed E-state index contributed by atoms with van der Waals surface area (Å²) in [7, 11) is -1.70. The fourth-order valence-electron chi connectivity index (χ4n) is 2.00. The van der Waals surface area contributed by atoms with Crippen molar-refractivity contribution in [2.24, 2.45) is 0 Å². The molecular weight excluding hydrogens is 292 g/mol. The minimum absolute atomic E-state index is 0.163. The highest BCUT2D eigenvalue weighted by Gasteiger charge is 2.17. The minimum atomic E-state index is -1.70. The van der Waals surface area contributed by atoms with Gasteiger partial charge in [-0.05, 0) is 35.3 Å². The average molecular weight is 303 g/mol. The van der Waals surface area contributed by atoms with Crippen LogP contribution in [0.4, 0.5) is 4.39 Å². The molecule has 2 heterocycles. The zero-order chi connectivity index (χ0) is 14.8.